The van der Waals surface area contributed by atoms with E-state index in [1.165, 1.54) is 0 Å². The number of ether oxygens (including phenoxy) is 1. The summed E-state index contributed by atoms with van der Waals surface area (Å²) < 4.78 is 34.7. The number of carbonyl (C=O) groups is 2. The van der Waals surface area contributed by atoms with E-state index in [9.17, 15) is 13.2 Å². The van der Waals surface area contributed by atoms with Crippen molar-refractivity contribution in [2.75, 3.05) is 5.75 Å². The van der Waals surface area contributed by atoms with Gasteiger partial charge in [-0.25, -0.2) is 13.2 Å². The molecule has 4 aromatic rings. The predicted octanol–water partition coefficient (Wildman–Crippen LogP) is 7.37. The summed E-state index contributed by atoms with van der Waals surface area (Å²) in [6.07, 6.45) is 1.57. The average molecular weight is 695 g/mol. The van der Waals surface area contributed by atoms with Gasteiger partial charge in [-0.2, -0.15) is 0 Å². The second kappa shape index (κ2) is 13.2. The van der Waals surface area contributed by atoms with Gasteiger partial charge in [-0.3, -0.25) is 4.79 Å². The van der Waals surface area contributed by atoms with E-state index in [1.54, 1.807) is 30.3 Å². The number of fused-ring (bicyclic) bond motifs is 2. The van der Waals surface area contributed by atoms with E-state index in [4.69, 9.17) is 4.74 Å². The number of hydrogen-bond acceptors (Lipinski definition) is 5. The van der Waals surface area contributed by atoms with E-state index in [-0.39, 0.29) is 39.5 Å². The van der Waals surface area contributed by atoms with Gasteiger partial charge in [0.15, 0.2) is 15.6 Å². The molecule has 4 aromatic carbocycles. The standard InChI is InChI=1S/C42H47O5PS/c1-40(2,3)29-36(43)38(48(32-18-10-6-11-19-32,33-20-12-7-13-21-33)34-22-14-8-15-23-34)39(44)47-37-28-31-26-27-42(37,41(31,4)5)30-49(45,46)35-24-16-9-17-25-35/h6-25,31,37H,26-30H2,1-5H3/t31-,37-,42-/m0/s1. The fraction of sp³-hybridized carbons (Fsp3) is 0.357. The highest BCUT2D eigenvalue weighted by Gasteiger charge is 2.67. The van der Waals surface area contributed by atoms with Gasteiger partial charge in [0, 0.05) is 11.8 Å². The smallest absolute Gasteiger partial charge is 0.343 e. The third-order valence-electron chi connectivity index (χ3n) is 11.1. The van der Waals surface area contributed by atoms with Crippen LogP contribution in [-0.2, 0) is 24.2 Å². The van der Waals surface area contributed by atoms with Gasteiger partial charge in [-0.05, 0) is 70.9 Å². The summed E-state index contributed by atoms with van der Waals surface area (Å²) in [6.45, 7) is 7.16. The quantitative estimate of drug-likeness (QED) is 0.0985. The zero-order chi connectivity index (χ0) is 35.1. The first-order valence-corrected chi connectivity index (χ1v) is 20.6. The van der Waals surface area contributed by atoms with Crippen LogP contribution in [0.25, 0.3) is 0 Å². The largest absolute Gasteiger partial charge is 0.458 e. The van der Waals surface area contributed by atoms with Crippen LogP contribution >= 0.6 is 6.89 Å². The van der Waals surface area contributed by atoms with Gasteiger partial charge >= 0.3 is 5.97 Å². The number of ketones is 1. The van der Waals surface area contributed by atoms with Crippen molar-refractivity contribution in [2.24, 2.45) is 22.2 Å². The van der Waals surface area contributed by atoms with E-state index in [2.05, 4.69) is 13.8 Å². The van der Waals surface area contributed by atoms with E-state index >= 15 is 4.79 Å². The molecule has 2 aliphatic carbocycles. The van der Waals surface area contributed by atoms with Gasteiger partial charge in [0.25, 0.3) is 0 Å². The topological polar surface area (TPSA) is 77.5 Å². The van der Waals surface area contributed by atoms with Crippen molar-refractivity contribution in [2.45, 2.75) is 71.3 Å². The fourth-order valence-electron chi connectivity index (χ4n) is 8.53. The number of Topliss-reactive ketones (excluding diaryl/α,β-unsaturated/α-hetero) is 1. The Morgan fingerprint density at radius 2 is 1.20 bits per heavy atom. The summed E-state index contributed by atoms with van der Waals surface area (Å²) in [4.78, 5) is 30.4. The predicted molar refractivity (Wildman–Crippen MR) is 201 cm³/mol. The average Bonchev–Trinajstić information content (AvgIpc) is 3.43. The first kappa shape index (κ1) is 35.1. The molecule has 0 amide bonds. The Bertz CT molecular complexity index is 1880. The van der Waals surface area contributed by atoms with Gasteiger partial charge in [0.1, 0.15) is 11.4 Å². The minimum atomic E-state index is -3.70. The molecule has 0 saturated heterocycles. The van der Waals surface area contributed by atoms with Crippen molar-refractivity contribution in [1.29, 1.82) is 0 Å². The molecular formula is C42H47O5PS. The lowest BCUT2D eigenvalue weighted by atomic mass is 9.69. The summed E-state index contributed by atoms with van der Waals surface area (Å²) >= 11 is 0. The zero-order valence-electron chi connectivity index (χ0n) is 29.1. The summed E-state index contributed by atoms with van der Waals surface area (Å²) in [5.41, 5.74) is -1.59. The fourth-order valence-corrected chi connectivity index (χ4v) is 15.0. The SMILES string of the molecule is CC(C)(C)CC(=O)C(C(=O)O[C@H]1C[C@@H]2CC[C@@]1(CS(=O)(=O)c1ccccc1)C2(C)C)=P(c1ccccc1)(c1ccccc1)c1ccccc1. The molecule has 2 saturated carbocycles. The van der Waals surface area contributed by atoms with Crippen LogP contribution in [0.2, 0.25) is 0 Å². The molecule has 0 N–H and O–H groups in total. The van der Waals surface area contributed by atoms with Crippen LogP contribution in [0.4, 0.5) is 0 Å². The van der Waals surface area contributed by atoms with Crippen LogP contribution in [0.3, 0.4) is 0 Å². The molecule has 256 valence electrons. The van der Waals surface area contributed by atoms with Crippen molar-refractivity contribution in [3.05, 3.63) is 121 Å². The first-order valence-electron chi connectivity index (χ1n) is 17.2. The van der Waals surface area contributed by atoms with E-state index in [0.29, 0.717) is 12.8 Å². The Morgan fingerprint density at radius 1 is 0.755 bits per heavy atom. The van der Waals surface area contributed by atoms with Crippen molar-refractivity contribution in [3.8, 4) is 0 Å². The van der Waals surface area contributed by atoms with Crippen LogP contribution < -0.4 is 15.9 Å². The van der Waals surface area contributed by atoms with E-state index in [0.717, 1.165) is 22.3 Å². The molecule has 2 aliphatic rings. The molecule has 0 aliphatic heterocycles. The number of esters is 1. The van der Waals surface area contributed by atoms with Crippen LogP contribution in [0, 0.1) is 22.2 Å². The second-order valence-electron chi connectivity index (χ2n) is 15.5. The molecule has 2 fully saturated rings. The molecule has 0 aromatic heterocycles. The van der Waals surface area contributed by atoms with Crippen molar-refractivity contribution in [3.63, 3.8) is 0 Å². The Kier molecular flexibility index (Phi) is 9.45. The van der Waals surface area contributed by atoms with Crippen molar-refractivity contribution < 1.29 is 22.7 Å². The Morgan fingerprint density at radius 3 is 1.63 bits per heavy atom. The van der Waals surface area contributed by atoms with Gasteiger partial charge < -0.3 is 4.74 Å². The van der Waals surface area contributed by atoms with Crippen LogP contribution in [0.1, 0.15) is 60.3 Å². The highest BCUT2D eigenvalue weighted by atomic mass is 32.2. The maximum atomic E-state index is 15.3. The number of benzene rings is 4. The number of sulfone groups is 1. The van der Waals surface area contributed by atoms with Gasteiger partial charge in [-0.15, -0.1) is 0 Å². The lowest BCUT2D eigenvalue weighted by Crippen LogP contribution is -2.48. The maximum absolute atomic E-state index is 15.3. The Balaban J connectivity index is 1.59. The maximum Gasteiger partial charge on any atom is 0.343 e. The van der Waals surface area contributed by atoms with Gasteiger partial charge in [0.05, 0.1) is 10.6 Å². The number of hydrogen-bond donors (Lipinski definition) is 0. The monoisotopic (exact) mass is 694 g/mol. The van der Waals surface area contributed by atoms with E-state index < -0.39 is 39.6 Å². The van der Waals surface area contributed by atoms with Crippen LogP contribution in [0.5, 0.6) is 0 Å². The molecule has 0 heterocycles. The summed E-state index contributed by atoms with van der Waals surface area (Å²) in [6, 6.07) is 38.2. The molecule has 0 spiro atoms. The normalized spacial score (nSPS) is 21.7. The molecule has 0 unspecified atom stereocenters. The highest BCUT2D eigenvalue weighted by Crippen LogP contribution is 2.67. The summed E-state index contributed by atoms with van der Waals surface area (Å²) in [5.74, 6) is -0.797. The molecule has 6 rings (SSSR count). The second-order valence-corrected chi connectivity index (χ2v) is 20.8. The van der Waals surface area contributed by atoms with E-state index in [1.807, 2.05) is 112 Å². The Labute approximate surface area is 292 Å². The third-order valence-corrected chi connectivity index (χ3v) is 17.3. The summed E-state index contributed by atoms with van der Waals surface area (Å²) in [5, 5.41) is 2.82. The number of rotatable bonds is 10. The highest BCUT2D eigenvalue weighted by molar-refractivity contribution is 7.97. The minimum absolute atomic E-state index is 0.118. The lowest BCUT2D eigenvalue weighted by Gasteiger charge is -2.42. The third kappa shape index (κ3) is 6.28. The van der Waals surface area contributed by atoms with Crippen LogP contribution in [-0.4, -0.2) is 37.3 Å². The molecule has 5 nitrogen and oxygen atoms in total. The summed E-state index contributed by atoms with van der Waals surface area (Å²) in [7, 11) is -3.70. The van der Waals surface area contributed by atoms with Gasteiger partial charge in [0.2, 0.25) is 0 Å². The molecule has 2 bridgehead atoms. The lowest BCUT2D eigenvalue weighted by molar-refractivity contribution is -0.148. The zero-order valence-corrected chi connectivity index (χ0v) is 30.8. The van der Waals surface area contributed by atoms with Crippen molar-refractivity contribution >= 4 is 49.7 Å². The minimum Gasteiger partial charge on any atom is -0.458 e. The molecule has 7 heteroatoms. The van der Waals surface area contributed by atoms with Crippen LogP contribution in [0.15, 0.2) is 126 Å². The van der Waals surface area contributed by atoms with Gasteiger partial charge in [-0.1, -0.05) is 144 Å². The first-order chi connectivity index (χ1) is 23.2. The molecule has 0 radical (unpaired) electrons. The number of carbonyl (C=O) groups excluding carboxylic acids is 2. The molecule has 3 atom stereocenters. The Hall–Kier alpha value is -3.73. The molecular weight excluding hydrogens is 647 g/mol. The van der Waals surface area contributed by atoms with Crippen molar-refractivity contribution in [1.82, 2.24) is 0 Å². The molecule has 49 heavy (non-hydrogen) atoms.